The minimum absolute atomic E-state index is 0.415. The number of tetrazole rings is 1. The van der Waals surface area contributed by atoms with Crippen molar-refractivity contribution >= 4 is 10.9 Å². The molecule has 5 rings (SSSR count). The zero-order valence-electron chi connectivity index (χ0n) is 18.2. The maximum absolute atomic E-state index is 6.05. The maximum Gasteiger partial charge on any atom is 0.152 e. The Kier molecular flexibility index (Phi) is 5.93. The molecule has 0 saturated heterocycles. The molecule has 0 atom stereocenters. The molecule has 0 aliphatic rings. The van der Waals surface area contributed by atoms with Crippen LogP contribution in [-0.4, -0.2) is 32.7 Å². The predicted octanol–water partition coefficient (Wildman–Crippen LogP) is 4.52. The van der Waals surface area contributed by atoms with Gasteiger partial charge in [0.05, 0.1) is 18.3 Å². The third-order valence-corrected chi connectivity index (χ3v) is 5.44. The van der Waals surface area contributed by atoms with Crippen LogP contribution >= 0.6 is 0 Å². The number of methoxy groups -OCH3 is 1. The number of pyridine rings is 1. The molecule has 0 unspecified atom stereocenters. The average Bonchev–Trinajstić information content (AvgIpc) is 3.36. The largest absolute Gasteiger partial charge is 0.496 e. The third kappa shape index (κ3) is 4.98. The highest BCUT2D eigenvalue weighted by molar-refractivity contribution is 5.78. The average molecular weight is 438 g/mol. The molecule has 0 aliphatic carbocycles. The third-order valence-electron chi connectivity index (χ3n) is 5.44. The summed E-state index contributed by atoms with van der Waals surface area (Å²) in [4.78, 5) is 4.69. The van der Waals surface area contributed by atoms with Gasteiger partial charge >= 0.3 is 0 Å². The molecule has 164 valence electrons. The Morgan fingerprint density at radius 1 is 0.848 bits per heavy atom. The first-order valence-electron chi connectivity index (χ1n) is 10.7. The Hall–Kier alpha value is -4.26. The molecule has 0 saturated carbocycles. The summed E-state index contributed by atoms with van der Waals surface area (Å²) in [5, 5.41) is 15.2. The fourth-order valence-corrected chi connectivity index (χ4v) is 3.84. The molecule has 7 nitrogen and oxygen atoms in total. The number of fused-ring (bicyclic) bond motifs is 1. The minimum Gasteiger partial charge on any atom is -0.496 e. The summed E-state index contributed by atoms with van der Waals surface area (Å²) in [5.74, 6) is 2.38. The van der Waals surface area contributed by atoms with Gasteiger partial charge in [-0.25, -0.2) is 10.1 Å². The molecule has 0 bridgehead atoms. The normalized spacial score (nSPS) is 10.9. The van der Waals surface area contributed by atoms with E-state index in [9.17, 15) is 0 Å². The summed E-state index contributed by atoms with van der Waals surface area (Å²) < 4.78 is 11.6. The van der Waals surface area contributed by atoms with Gasteiger partial charge in [0, 0.05) is 18.2 Å². The van der Waals surface area contributed by atoms with E-state index in [0.29, 0.717) is 13.0 Å². The molecule has 2 aromatic heterocycles. The van der Waals surface area contributed by atoms with Crippen molar-refractivity contribution in [3.05, 3.63) is 107 Å². The summed E-state index contributed by atoms with van der Waals surface area (Å²) in [7, 11) is 1.69. The second-order valence-corrected chi connectivity index (χ2v) is 7.78. The molecule has 0 fully saturated rings. The highest BCUT2D eigenvalue weighted by Gasteiger charge is 2.09. The first-order valence-corrected chi connectivity index (χ1v) is 10.7. The molecule has 1 N–H and O–H groups in total. The Bertz CT molecular complexity index is 1370. The van der Waals surface area contributed by atoms with Crippen molar-refractivity contribution in [2.24, 2.45) is 0 Å². The van der Waals surface area contributed by atoms with E-state index in [1.165, 1.54) is 0 Å². The molecule has 0 radical (unpaired) electrons. The summed E-state index contributed by atoms with van der Waals surface area (Å²) in [6, 6.07) is 26.4. The Balaban J connectivity index is 1.30. The molecule has 33 heavy (non-hydrogen) atoms. The van der Waals surface area contributed by atoms with Crippen LogP contribution in [-0.2, 0) is 19.4 Å². The number of nitrogens with zero attached hydrogens (tertiary/aromatic N) is 4. The van der Waals surface area contributed by atoms with Crippen LogP contribution in [0, 0.1) is 0 Å². The van der Waals surface area contributed by atoms with Crippen LogP contribution in [0.5, 0.6) is 11.5 Å². The lowest BCUT2D eigenvalue weighted by Crippen LogP contribution is -2.00. The maximum atomic E-state index is 6.05. The monoisotopic (exact) mass is 437 g/mol. The van der Waals surface area contributed by atoms with Gasteiger partial charge in [-0.15, -0.1) is 5.10 Å². The molecule has 7 heteroatoms. The highest BCUT2D eigenvalue weighted by Crippen LogP contribution is 2.25. The van der Waals surface area contributed by atoms with Crippen molar-refractivity contribution in [2.45, 2.75) is 19.4 Å². The quantitative estimate of drug-likeness (QED) is 0.384. The number of nitrogens with one attached hydrogen (secondary N) is 1. The van der Waals surface area contributed by atoms with Crippen molar-refractivity contribution in [3.8, 4) is 11.5 Å². The van der Waals surface area contributed by atoms with Crippen molar-refractivity contribution < 1.29 is 9.47 Å². The van der Waals surface area contributed by atoms with Crippen molar-refractivity contribution in [1.82, 2.24) is 25.6 Å². The van der Waals surface area contributed by atoms with E-state index >= 15 is 0 Å². The van der Waals surface area contributed by atoms with Crippen LogP contribution in [0.25, 0.3) is 10.9 Å². The van der Waals surface area contributed by atoms with E-state index in [0.717, 1.165) is 57.0 Å². The smallest absolute Gasteiger partial charge is 0.152 e. The van der Waals surface area contributed by atoms with Gasteiger partial charge in [0.25, 0.3) is 0 Å². The van der Waals surface area contributed by atoms with Crippen LogP contribution in [0.1, 0.15) is 28.2 Å². The van der Waals surface area contributed by atoms with Crippen LogP contribution in [0.4, 0.5) is 0 Å². The van der Waals surface area contributed by atoms with Gasteiger partial charge in [0.1, 0.15) is 18.1 Å². The van der Waals surface area contributed by atoms with E-state index in [2.05, 4.69) is 55.9 Å². The molecule has 5 aromatic rings. The Morgan fingerprint density at radius 3 is 2.64 bits per heavy atom. The van der Waals surface area contributed by atoms with Gasteiger partial charge in [-0.2, -0.15) is 0 Å². The number of para-hydroxylation sites is 1. The van der Waals surface area contributed by atoms with Crippen LogP contribution in [0.2, 0.25) is 0 Å². The number of hydrogen-bond acceptors (Lipinski definition) is 6. The first-order chi connectivity index (χ1) is 16.3. The number of aromatic nitrogens is 5. The summed E-state index contributed by atoms with van der Waals surface area (Å²) in [5.41, 5.74) is 5.21. The zero-order valence-corrected chi connectivity index (χ0v) is 18.2. The zero-order chi connectivity index (χ0) is 22.5. The highest BCUT2D eigenvalue weighted by atomic mass is 16.5. The van der Waals surface area contributed by atoms with Gasteiger partial charge < -0.3 is 9.47 Å². The molecule has 3 aromatic carbocycles. The minimum atomic E-state index is 0.415. The fraction of sp³-hybridized carbons (Fsp3) is 0.154. The van der Waals surface area contributed by atoms with Crippen molar-refractivity contribution in [3.63, 3.8) is 0 Å². The number of hydrogen-bond donors (Lipinski definition) is 1. The Labute approximate surface area is 191 Å². The van der Waals surface area contributed by atoms with Crippen molar-refractivity contribution in [2.75, 3.05) is 7.11 Å². The van der Waals surface area contributed by atoms with E-state index in [-0.39, 0.29) is 0 Å². The predicted molar refractivity (Wildman–Crippen MR) is 125 cm³/mol. The van der Waals surface area contributed by atoms with Gasteiger partial charge in [-0.3, -0.25) is 0 Å². The number of ether oxygens (including phenoxy) is 2. The molecule has 2 heterocycles. The molecular formula is C26H23N5O2. The first kappa shape index (κ1) is 20.6. The van der Waals surface area contributed by atoms with Gasteiger partial charge in [0.2, 0.25) is 0 Å². The lowest BCUT2D eigenvalue weighted by Gasteiger charge is -2.12. The summed E-state index contributed by atoms with van der Waals surface area (Å²) in [6.07, 6.45) is 1.35. The van der Waals surface area contributed by atoms with Gasteiger partial charge in [0.15, 0.2) is 5.82 Å². The molecular weight excluding hydrogens is 414 g/mol. The lowest BCUT2D eigenvalue weighted by molar-refractivity contribution is 0.301. The SMILES string of the molecule is COc1ccc(Cc2nnn[nH]2)cc1Cc1cccc(OCc2ccc3ccccc3n2)c1. The standard InChI is InChI=1S/C26H23N5O2/c1-32-25-12-9-19(16-26-28-30-31-29-26)14-21(25)13-18-5-4-7-23(15-18)33-17-22-11-10-20-6-2-3-8-24(20)27-22/h2-12,14-15H,13,16-17H2,1H3,(H,28,29,30,31). The molecule has 0 spiro atoms. The van der Waals surface area contributed by atoms with E-state index < -0.39 is 0 Å². The molecule has 0 aliphatic heterocycles. The molecule has 0 amide bonds. The fourth-order valence-electron chi connectivity index (χ4n) is 3.84. The van der Waals surface area contributed by atoms with Crippen LogP contribution in [0.3, 0.4) is 0 Å². The summed E-state index contributed by atoms with van der Waals surface area (Å²) >= 11 is 0. The number of H-pyrrole nitrogens is 1. The van der Waals surface area contributed by atoms with Crippen LogP contribution in [0.15, 0.2) is 78.9 Å². The van der Waals surface area contributed by atoms with E-state index in [1.807, 2.05) is 48.5 Å². The lowest BCUT2D eigenvalue weighted by atomic mass is 10.00. The van der Waals surface area contributed by atoms with E-state index in [1.54, 1.807) is 7.11 Å². The van der Waals surface area contributed by atoms with Crippen LogP contribution < -0.4 is 9.47 Å². The van der Waals surface area contributed by atoms with Gasteiger partial charge in [-0.1, -0.05) is 48.5 Å². The topological polar surface area (TPSA) is 85.8 Å². The van der Waals surface area contributed by atoms with Gasteiger partial charge in [-0.05, 0) is 57.4 Å². The van der Waals surface area contributed by atoms with Crippen molar-refractivity contribution in [1.29, 1.82) is 0 Å². The Morgan fingerprint density at radius 2 is 1.76 bits per heavy atom. The number of aromatic amines is 1. The van der Waals surface area contributed by atoms with E-state index in [4.69, 9.17) is 9.47 Å². The second kappa shape index (κ2) is 9.48. The number of rotatable bonds is 8. The summed E-state index contributed by atoms with van der Waals surface area (Å²) in [6.45, 7) is 0.415. The number of benzene rings is 3. The second-order valence-electron chi connectivity index (χ2n) is 7.78.